The van der Waals surface area contributed by atoms with Crippen molar-refractivity contribution in [2.75, 3.05) is 6.54 Å². The van der Waals surface area contributed by atoms with Gasteiger partial charge in [0.05, 0.1) is 6.20 Å². The number of nitrogens with two attached hydrogens (primary N) is 1. The molecule has 0 unspecified atom stereocenters. The third-order valence-corrected chi connectivity index (χ3v) is 2.10. The minimum atomic E-state index is -0.0401. The Morgan fingerprint density at radius 3 is 2.88 bits per heavy atom. The van der Waals surface area contributed by atoms with Gasteiger partial charge in [0.2, 0.25) is 5.89 Å². The van der Waals surface area contributed by atoms with Gasteiger partial charge in [0.15, 0.2) is 5.96 Å². The number of guanidine groups is 1. The number of hydrogen-bond donors (Lipinski definition) is 2. The standard InChI is InChI=1S/C12H20N4O/c1-5-6-14-11(13)16-8-10-15-7-9(17-10)12(2,3)4/h5,7H,1,6,8H2,2-4H3,(H3,13,14,16). The molecule has 0 spiro atoms. The van der Waals surface area contributed by atoms with Crippen LogP contribution in [0, 0.1) is 0 Å². The smallest absolute Gasteiger partial charge is 0.216 e. The molecule has 1 aromatic rings. The predicted molar refractivity (Wildman–Crippen MR) is 68.7 cm³/mol. The summed E-state index contributed by atoms with van der Waals surface area (Å²) in [5.41, 5.74) is 5.58. The number of hydrogen-bond acceptors (Lipinski definition) is 3. The van der Waals surface area contributed by atoms with Gasteiger partial charge in [-0.25, -0.2) is 9.98 Å². The highest BCUT2D eigenvalue weighted by Crippen LogP contribution is 2.22. The Morgan fingerprint density at radius 1 is 1.65 bits per heavy atom. The van der Waals surface area contributed by atoms with Crippen molar-refractivity contribution in [3.8, 4) is 0 Å². The summed E-state index contributed by atoms with van der Waals surface area (Å²) in [6, 6.07) is 0. The molecule has 0 bridgehead atoms. The molecule has 17 heavy (non-hydrogen) atoms. The number of aliphatic imine (C=N–C) groups is 1. The zero-order valence-corrected chi connectivity index (χ0v) is 10.7. The SMILES string of the molecule is C=CCNC(N)=NCc1ncc(C(C)(C)C)o1. The lowest BCUT2D eigenvalue weighted by molar-refractivity contribution is 0.383. The van der Waals surface area contributed by atoms with E-state index in [1.54, 1.807) is 12.3 Å². The molecule has 0 atom stereocenters. The van der Waals surface area contributed by atoms with E-state index in [9.17, 15) is 0 Å². The van der Waals surface area contributed by atoms with Crippen molar-refractivity contribution in [3.63, 3.8) is 0 Å². The average molecular weight is 236 g/mol. The first kappa shape index (κ1) is 13.3. The molecule has 0 aliphatic carbocycles. The van der Waals surface area contributed by atoms with E-state index < -0.39 is 0 Å². The highest BCUT2D eigenvalue weighted by Gasteiger charge is 2.18. The summed E-state index contributed by atoms with van der Waals surface area (Å²) in [4.78, 5) is 8.26. The van der Waals surface area contributed by atoms with Gasteiger partial charge in [-0.2, -0.15) is 0 Å². The van der Waals surface area contributed by atoms with Crippen LogP contribution in [-0.2, 0) is 12.0 Å². The zero-order valence-electron chi connectivity index (χ0n) is 10.7. The molecular formula is C12H20N4O. The maximum atomic E-state index is 5.62. The van der Waals surface area contributed by atoms with Crippen molar-refractivity contribution in [3.05, 3.63) is 30.5 Å². The van der Waals surface area contributed by atoms with Gasteiger partial charge in [-0.15, -0.1) is 6.58 Å². The zero-order chi connectivity index (χ0) is 12.9. The van der Waals surface area contributed by atoms with Crippen LogP contribution in [0.2, 0.25) is 0 Å². The van der Waals surface area contributed by atoms with Gasteiger partial charge in [0.25, 0.3) is 0 Å². The van der Waals surface area contributed by atoms with Crippen LogP contribution in [0.25, 0.3) is 0 Å². The number of nitrogens with one attached hydrogen (secondary N) is 1. The van der Waals surface area contributed by atoms with Crippen molar-refractivity contribution in [2.24, 2.45) is 10.7 Å². The summed E-state index contributed by atoms with van der Waals surface area (Å²) >= 11 is 0. The second-order valence-corrected chi connectivity index (χ2v) is 4.74. The molecule has 0 aliphatic rings. The largest absolute Gasteiger partial charge is 0.443 e. The van der Waals surface area contributed by atoms with E-state index in [2.05, 4.69) is 42.6 Å². The predicted octanol–water partition coefficient (Wildman–Crippen LogP) is 1.56. The fourth-order valence-electron chi connectivity index (χ4n) is 1.12. The molecule has 3 N–H and O–H groups in total. The van der Waals surface area contributed by atoms with E-state index in [4.69, 9.17) is 10.2 Å². The topological polar surface area (TPSA) is 76.4 Å². The number of oxazole rings is 1. The lowest BCUT2D eigenvalue weighted by atomic mass is 9.94. The summed E-state index contributed by atoms with van der Waals surface area (Å²) in [5, 5.41) is 2.88. The van der Waals surface area contributed by atoms with E-state index in [1.165, 1.54) is 0 Å². The molecular weight excluding hydrogens is 216 g/mol. The number of rotatable bonds is 4. The summed E-state index contributed by atoms with van der Waals surface area (Å²) in [7, 11) is 0. The molecule has 0 saturated heterocycles. The Bertz CT molecular complexity index is 401. The molecule has 1 heterocycles. The minimum absolute atomic E-state index is 0.0401. The molecule has 0 radical (unpaired) electrons. The third kappa shape index (κ3) is 4.30. The molecule has 0 amide bonds. The van der Waals surface area contributed by atoms with Gasteiger partial charge < -0.3 is 15.5 Å². The molecule has 0 aromatic carbocycles. The van der Waals surface area contributed by atoms with Crippen LogP contribution in [0.15, 0.2) is 28.3 Å². The first-order valence-electron chi connectivity index (χ1n) is 5.53. The summed E-state index contributed by atoms with van der Waals surface area (Å²) < 4.78 is 5.58. The van der Waals surface area contributed by atoms with Crippen LogP contribution < -0.4 is 11.1 Å². The van der Waals surface area contributed by atoms with E-state index >= 15 is 0 Å². The van der Waals surface area contributed by atoms with Crippen molar-refractivity contribution >= 4 is 5.96 Å². The minimum Gasteiger partial charge on any atom is -0.443 e. The normalized spacial score (nSPS) is 12.5. The fourth-order valence-corrected chi connectivity index (χ4v) is 1.12. The Labute approximate surface area is 102 Å². The van der Waals surface area contributed by atoms with Crippen LogP contribution in [0.1, 0.15) is 32.4 Å². The monoisotopic (exact) mass is 236 g/mol. The quantitative estimate of drug-likeness (QED) is 0.472. The molecule has 1 aromatic heterocycles. The second-order valence-electron chi connectivity index (χ2n) is 4.74. The lowest BCUT2D eigenvalue weighted by Crippen LogP contribution is -2.31. The summed E-state index contributed by atoms with van der Waals surface area (Å²) in [6.07, 6.45) is 3.45. The van der Waals surface area contributed by atoms with Gasteiger partial charge in [0.1, 0.15) is 12.3 Å². The highest BCUT2D eigenvalue weighted by atomic mass is 16.4. The molecule has 0 aliphatic heterocycles. The lowest BCUT2D eigenvalue weighted by Gasteiger charge is -2.12. The van der Waals surface area contributed by atoms with Crippen molar-refractivity contribution in [1.29, 1.82) is 0 Å². The van der Waals surface area contributed by atoms with Crippen molar-refractivity contribution < 1.29 is 4.42 Å². The van der Waals surface area contributed by atoms with Crippen LogP contribution in [-0.4, -0.2) is 17.5 Å². The van der Waals surface area contributed by atoms with E-state index in [0.29, 0.717) is 24.9 Å². The van der Waals surface area contributed by atoms with Crippen molar-refractivity contribution in [1.82, 2.24) is 10.3 Å². The van der Waals surface area contributed by atoms with E-state index in [0.717, 1.165) is 5.76 Å². The highest BCUT2D eigenvalue weighted by molar-refractivity contribution is 5.77. The van der Waals surface area contributed by atoms with Crippen molar-refractivity contribution in [2.45, 2.75) is 32.7 Å². The van der Waals surface area contributed by atoms with Crippen LogP contribution >= 0.6 is 0 Å². The number of aromatic nitrogens is 1. The van der Waals surface area contributed by atoms with Gasteiger partial charge in [-0.3, -0.25) is 0 Å². The Morgan fingerprint density at radius 2 is 2.35 bits per heavy atom. The summed E-state index contributed by atoms with van der Waals surface area (Å²) in [6.45, 7) is 10.7. The molecule has 5 heteroatoms. The van der Waals surface area contributed by atoms with Gasteiger partial charge >= 0.3 is 0 Å². The van der Waals surface area contributed by atoms with Gasteiger partial charge in [-0.1, -0.05) is 26.8 Å². The fraction of sp³-hybridized carbons (Fsp3) is 0.500. The second kappa shape index (κ2) is 5.52. The molecule has 0 saturated carbocycles. The van der Waals surface area contributed by atoms with Gasteiger partial charge in [-0.05, 0) is 0 Å². The summed E-state index contributed by atoms with van der Waals surface area (Å²) in [5.74, 6) is 1.78. The maximum absolute atomic E-state index is 5.62. The first-order chi connectivity index (χ1) is 7.93. The van der Waals surface area contributed by atoms with E-state index in [1.807, 2.05) is 0 Å². The van der Waals surface area contributed by atoms with Crippen LogP contribution in [0.5, 0.6) is 0 Å². The third-order valence-electron chi connectivity index (χ3n) is 2.10. The van der Waals surface area contributed by atoms with E-state index in [-0.39, 0.29) is 5.41 Å². The Balaban J connectivity index is 2.58. The first-order valence-corrected chi connectivity index (χ1v) is 5.53. The van der Waals surface area contributed by atoms with Crippen LogP contribution in [0.4, 0.5) is 0 Å². The average Bonchev–Trinajstić information content (AvgIpc) is 2.71. The maximum Gasteiger partial charge on any atom is 0.216 e. The number of nitrogens with zero attached hydrogens (tertiary/aromatic N) is 2. The molecule has 94 valence electrons. The molecule has 0 fully saturated rings. The molecule has 5 nitrogen and oxygen atoms in total. The molecule has 1 rings (SSSR count). The van der Waals surface area contributed by atoms with Gasteiger partial charge in [0, 0.05) is 12.0 Å². The Kier molecular flexibility index (Phi) is 4.31. The Hall–Kier alpha value is -1.78. The van der Waals surface area contributed by atoms with Crippen LogP contribution in [0.3, 0.4) is 0 Å².